The summed E-state index contributed by atoms with van der Waals surface area (Å²) in [7, 11) is 0. The van der Waals surface area contributed by atoms with Crippen LogP contribution in [0.1, 0.15) is 33.5 Å². The minimum atomic E-state index is -0.259. The summed E-state index contributed by atoms with van der Waals surface area (Å²) >= 11 is 0. The molecule has 6 unspecified atom stereocenters. The van der Waals surface area contributed by atoms with E-state index in [0.717, 1.165) is 28.8 Å². The molecule has 0 N–H and O–H groups in total. The molecule has 2 bridgehead atoms. The van der Waals surface area contributed by atoms with Crippen molar-refractivity contribution in [3.05, 3.63) is 76.9 Å². The van der Waals surface area contributed by atoms with Crippen LogP contribution < -0.4 is 4.90 Å². The van der Waals surface area contributed by atoms with E-state index in [1.807, 2.05) is 57.2 Å². The highest BCUT2D eigenvalue weighted by Gasteiger charge is 2.67. The topological polar surface area (TPSA) is 57.7 Å². The molecular weight excluding hydrogens is 412 g/mol. The molecule has 6 atom stereocenters. The summed E-state index contributed by atoms with van der Waals surface area (Å²) in [5.74, 6) is 0.533. The van der Waals surface area contributed by atoms with Crippen LogP contribution in [0.25, 0.3) is 0 Å². The zero-order valence-electron chi connectivity index (χ0n) is 19.2. The first-order chi connectivity index (χ1) is 15.9. The lowest BCUT2D eigenvalue weighted by Crippen LogP contribution is -2.45. The molecule has 2 saturated carbocycles. The fourth-order valence-electron chi connectivity index (χ4n) is 6.62. The van der Waals surface area contributed by atoms with Gasteiger partial charge in [-0.25, -0.2) is 0 Å². The van der Waals surface area contributed by atoms with Gasteiger partial charge in [-0.05, 0) is 74.1 Å². The lowest BCUT2D eigenvalue weighted by Gasteiger charge is -2.37. The van der Waals surface area contributed by atoms with Gasteiger partial charge in [0, 0.05) is 11.3 Å². The fraction of sp³-hybridized carbons (Fsp3) is 0.393. The van der Waals surface area contributed by atoms with Crippen molar-refractivity contribution in [1.82, 2.24) is 4.90 Å². The van der Waals surface area contributed by atoms with Gasteiger partial charge in [0.25, 0.3) is 5.91 Å². The van der Waals surface area contributed by atoms with Crippen LogP contribution in [-0.4, -0.2) is 29.3 Å². The van der Waals surface area contributed by atoms with Crippen LogP contribution >= 0.6 is 0 Å². The Balaban J connectivity index is 1.38. The Morgan fingerprint density at radius 1 is 0.909 bits per heavy atom. The second-order valence-electron chi connectivity index (χ2n) is 10.2. The molecule has 3 fully saturated rings. The zero-order chi connectivity index (χ0) is 23.0. The van der Waals surface area contributed by atoms with Gasteiger partial charge in [0.1, 0.15) is 6.67 Å². The van der Waals surface area contributed by atoms with Gasteiger partial charge in [0.2, 0.25) is 11.8 Å². The van der Waals surface area contributed by atoms with E-state index in [1.54, 1.807) is 11.0 Å². The Hall–Kier alpha value is -3.21. The Labute approximate surface area is 194 Å². The van der Waals surface area contributed by atoms with E-state index in [2.05, 4.69) is 12.2 Å². The Morgan fingerprint density at radius 3 is 2.15 bits per heavy atom. The van der Waals surface area contributed by atoms with Crippen molar-refractivity contribution in [2.75, 3.05) is 11.6 Å². The van der Waals surface area contributed by atoms with Crippen LogP contribution in [0.5, 0.6) is 0 Å². The van der Waals surface area contributed by atoms with Crippen molar-refractivity contribution in [1.29, 1.82) is 0 Å². The van der Waals surface area contributed by atoms with Gasteiger partial charge in [-0.15, -0.1) is 0 Å². The van der Waals surface area contributed by atoms with E-state index in [9.17, 15) is 14.4 Å². The van der Waals surface area contributed by atoms with E-state index < -0.39 is 0 Å². The zero-order valence-corrected chi connectivity index (χ0v) is 19.2. The Morgan fingerprint density at radius 2 is 1.55 bits per heavy atom. The third kappa shape index (κ3) is 2.94. The minimum absolute atomic E-state index is 0.0451. The van der Waals surface area contributed by atoms with Crippen molar-refractivity contribution < 1.29 is 14.4 Å². The van der Waals surface area contributed by atoms with Gasteiger partial charge in [-0.2, -0.15) is 0 Å². The second-order valence-corrected chi connectivity index (χ2v) is 10.2. The molecule has 5 heteroatoms. The number of amides is 3. The smallest absolute Gasteiger partial charge is 0.260 e. The number of likely N-dealkylation sites (tertiary alicyclic amines) is 1. The van der Waals surface area contributed by atoms with Crippen molar-refractivity contribution in [3.63, 3.8) is 0 Å². The molecule has 2 aromatic rings. The number of hydrogen-bond donors (Lipinski definition) is 0. The normalized spacial score (nSPS) is 30.9. The summed E-state index contributed by atoms with van der Waals surface area (Å²) in [6.45, 7) is 5.84. The van der Waals surface area contributed by atoms with Crippen molar-refractivity contribution in [2.45, 2.75) is 27.2 Å². The van der Waals surface area contributed by atoms with Crippen LogP contribution in [0.2, 0.25) is 0 Å². The van der Waals surface area contributed by atoms with Crippen molar-refractivity contribution >= 4 is 23.4 Å². The van der Waals surface area contributed by atoms with E-state index in [-0.39, 0.29) is 48.1 Å². The van der Waals surface area contributed by atoms with Crippen LogP contribution in [0.15, 0.2) is 54.6 Å². The van der Waals surface area contributed by atoms with Gasteiger partial charge in [0.15, 0.2) is 0 Å². The SMILES string of the molecule is Cc1ccc(N(CN2C(=O)C3C4C=CC(C5CC45)C3C2=O)C(=O)c2ccccc2C)c(C)c1. The molecule has 1 aliphatic heterocycles. The third-order valence-electron chi connectivity index (χ3n) is 8.30. The molecule has 168 valence electrons. The van der Waals surface area contributed by atoms with Crippen molar-refractivity contribution in [2.24, 2.45) is 35.5 Å². The maximum atomic E-state index is 13.8. The van der Waals surface area contributed by atoms with Gasteiger partial charge in [-0.3, -0.25) is 24.2 Å². The van der Waals surface area contributed by atoms with E-state index in [0.29, 0.717) is 17.4 Å². The van der Waals surface area contributed by atoms with Crippen LogP contribution in [0, 0.1) is 56.3 Å². The lowest BCUT2D eigenvalue weighted by atomic mass is 9.63. The quantitative estimate of drug-likeness (QED) is 0.527. The number of rotatable bonds is 4. The number of aryl methyl sites for hydroxylation is 3. The molecule has 0 radical (unpaired) electrons. The molecule has 7 rings (SSSR count). The first-order valence-electron chi connectivity index (χ1n) is 11.8. The summed E-state index contributed by atoms with van der Waals surface area (Å²) in [5, 5.41) is 0. The Kier molecular flexibility index (Phi) is 4.42. The molecule has 1 heterocycles. The molecule has 3 amide bonds. The summed E-state index contributed by atoms with van der Waals surface area (Å²) < 4.78 is 0. The fourth-order valence-corrected chi connectivity index (χ4v) is 6.62. The summed E-state index contributed by atoms with van der Waals surface area (Å²) in [4.78, 5) is 43.9. The summed E-state index contributed by atoms with van der Waals surface area (Å²) in [6, 6.07) is 13.4. The number of allylic oxidation sites excluding steroid dienone is 2. The summed E-state index contributed by atoms with van der Waals surface area (Å²) in [6.07, 6.45) is 5.49. The molecule has 5 aliphatic rings. The molecule has 0 spiro atoms. The second kappa shape index (κ2) is 7.14. The monoisotopic (exact) mass is 440 g/mol. The molecule has 33 heavy (non-hydrogen) atoms. The van der Waals surface area contributed by atoms with Gasteiger partial charge in [-0.1, -0.05) is 48.0 Å². The first-order valence-corrected chi connectivity index (χ1v) is 11.8. The van der Waals surface area contributed by atoms with Crippen LogP contribution in [-0.2, 0) is 9.59 Å². The Bertz CT molecular complexity index is 1200. The first kappa shape index (κ1) is 20.4. The molecule has 4 aliphatic carbocycles. The molecule has 1 saturated heterocycles. The van der Waals surface area contributed by atoms with E-state index >= 15 is 0 Å². The van der Waals surface area contributed by atoms with Crippen molar-refractivity contribution in [3.8, 4) is 0 Å². The average molecular weight is 441 g/mol. The van der Waals surface area contributed by atoms with E-state index in [4.69, 9.17) is 0 Å². The average Bonchev–Trinajstić information content (AvgIpc) is 3.58. The lowest BCUT2D eigenvalue weighted by molar-refractivity contribution is -0.140. The van der Waals surface area contributed by atoms with Crippen LogP contribution in [0.4, 0.5) is 5.69 Å². The predicted octanol–water partition coefficient (Wildman–Crippen LogP) is 4.27. The predicted molar refractivity (Wildman–Crippen MR) is 125 cm³/mol. The van der Waals surface area contributed by atoms with Gasteiger partial charge < -0.3 is 0 Å². The van der Waals surface area contributed by atoms with Gasteiger partial charge >= 0.3 is 0 Å². The molecule has 5 nitrogen and oxygen atoms in total. The third-order valence-corrected chi connectivity index (χ3v) is 8.30. The number of nitrogens with zero attached hydrogens (tertiary/aromatic N) is 2. The number of carbonyl (C=O) groups is 3. The molecular formula is C28H28N2O3. The standard InChI is InChI=1S/C28H28N2O3/c1-15-8-11-23(17(3)12-15)29(26(31)18-7-5-4-6-16(18)2)14-30-27(32)24-19-9-10-20(22-13-21(19)22)25(24)28(30)33/h4-12,19-22,24-25H,13-14H2,1-3H3. The number of anilines is 1. The number of carbonyl (C=O) groups excluding carboxylic acids is 3. The maximum Gasteiger partial charge on any atom is 0.260 e. The maximum absolute atomic E-state index is 13.8. The number of imide groups is 1. The highest BCUT2D eigenvalue weighted by molar-refractivity contribution is 6.10. The van der Waals surface area contributed by atoms with Gasteiger partial charge in [0.05, 0.1) is 11.8 Å². The number of benzene rings is 2. The molecule has 0 aromatic heterocycles. The van der Waals surface area contributed by atoms with Crippen LogP contribution in [0.3, 0.4) is 0 Å². The van der Waals surface area contributed by atoms with E-state index in [1.165, 1.54) is 4.90 Å². The highest BCUT2D eigenvalue weighted by Crippen LogP contribution is 2.65. The minimum Gasteiger partial charge on any atom is -0.289 e. The number of hydrogen-bond acceptors (Lipinski definition) is 3. The molecule has 2 aromatic carbocycles. The summed E-state index contributed by atoms with van der Waals surface area (Å²) in [5.41, 5.74) is 4.22. The highest BCUT2D eigenvalue weighted by atomic mass is 16.2. The largest absolute Gasteiger partial charge is 0.289 e.